The van der Waals surface area contributed by atoms with Gasteiger partial charge in [-0.3, -0.25) is 11.3 Å². The van der Waals surface area contributed by atoms with Gasteiger partial charge in [0.25, 0.3) is 0 Å². The van der Waals surface area contributed by atoms with Gasteiger partial charge in [-0.1, -0.05) is 33.6 Å². The van der Waals surface area contributed by atoms with Crippen LogP contribution < -0.4 is 11.3 Å². The van der Waals surface area contributed by atoms with Crippen LogP contribution in [-0.4, -0.2) is 31.5 Å². The molecule has 21 heavy (non-hydrogen) atoms. The maximum absolute atomic E-state index is 6.33. The van der Waals surface area contributed by atoms with Crippen LogP contribution in [0.15, 0.2) is 22.7 Å². The summed E-state index contributed by atoms with van der Waals surface area (Å²) in [5, 5.41) is 0.739. The van der Waals surface area contributed by atoms with Gasteiger partial charge in [-0.2, -0.15) is 0 Å². The molecule has 1 aromatic carbocycles. The molecule has 4 nitrogen and oxygen atoms in total. The standard InChI is InChI=1S/C15H22BrClN2O2/c1-2-21-15(5-7-20-8-6-15)14(19-18)9-11-3-4-12(16)10-13(11)17/h3-4,10,14,19H,2,5-9,18H2,1H3. The van der Waals surface area contributed by atoms with Crippen molar-refractivity contribution >= 4 is 27.5 Å². The van der Waals surface area contributed by atoms with E-state index in [1.165, 1.54) is 0 Å². The van der Waals surface area contributed by atoms with E-state index in [0.717, 1.165) is 34.3 Å². The summed E-state index contributed by atoms with van der Waals surface area (Å²) in [5.74, 6) is 5.82. The highest BCUT2D eigenvalue weighted by Crippen LogP contribution is 2.32. The van der Waals surface area contributed by atoms with Gasteiger partial charge in [-0.15, -0.1) is 0 Å². The molecule has 6 heteroatoms. The smallest absolute Gasteiger partial charge is 0.0895 e. The predicted molar refractivity (Wildman–Crippen MR) is 88.4 cm³/mol. The topological polar surface area (TPSA) is 56.5 Å². The molecule has 1 saturated heterocycles. The maximum atomic E-state index is 6.33. The molecule has 118 valence electrons. The third-order valence-electron chi connectivity index (χ3n) is 4.05. The van der Waals surface area contributed by atoms with Crippen molar-refractivity contribution in [1.82, 2.24) is 5.43 Å². The highest BCUT2D eigenvalue weighted by Gasteiger charge is 2.41. The van der Waals surface area contributed by atoms with E-state index in [-0.39, 0.29) is 11.6 Å². The minimum Gasteiger partial charge on any atom is -0.381 e. The Kier molecular flexibility index (Phi) is 6.47. The molecule has 0 spiro atoms. The molecule has 1 heterocycles. The minimum atomic E-state index is -0.293. The van der Waals surface area contributed by atoms with Crippen molar-refractivity contribution in [3.63, 3.8) is 0 Å². The van der Waals surface area contributed by atoms with Crippen LogP contribution in [0.4, 0.5) is 0 Å². The van der Waals surface area contributed by atoms with E-state index in [1.807, 2.05) is 25.1 Å². The van der Waals surface area contributed by atoms with Crippen molar-refractivity contribution in [3.8, 4) is 0 Å². The van der Waals surface area contributed by atoms with E-state index in [4.69, 9.17) is 26.9 Å². The fourth-order valence-corrected chi connectivity index (χ4v) is 3.65. The van der Waals surface area contributed by atoms with Crippen LogP contribution in [0.5, 0.6) is 0 Å². The summed E-state index contributed by atoms with van der Waals surface area (Å²) < 4.78 is 12.5. The Morgan fingerprint density at radius 3 is 2.76 bits per heavy atom. The monoisotopic (exact) mass is 376 g/mol. The van der Waals surface area contributed by atoms with Crippen molar-refractivity contribution in [2.24, 2.45) is 5.84 Å². The van der Waals surface area contributed by atoms with Gasteiger partial charge >= 0.3 is 0 Å². The quantitative estimate of drug-likeness (QED) is 0.591. The first-order chi connectivity index (χ1) is 10.1. The zero-order valence-corrected chi connectivity index (χ0v) is 14.5. The van der Waals surface area contributed by atoms with Crippen LogP contribution in [0, 0.1) is 0 Å². The number of rotatable bonds is 6. The summed E-state index contributed by atoms with van der Waals surface area (Å²) in [5.41, 5.74) is 3.71. The number of nitrogens with one attached hydrogen (secondary N) is 1. The van der Waals surface area contributed by atoms with Crippen LogP contribution in [0.1, 0.15) is 25.3 Å². The Balaban J connectivity index is 2.20. The van der Waals surface area contributed by atoms with Crippen LogP contribution in [0.3, 0.4) is 0 Å². The van der Waals surface area contributed by atoms with Gasteiger partial charge in [0.1, 0.15) is 0 Å². The molecule has 0 amide bonds. The molecule has 1 aliphatic heterocycles. The SMILES string of the molecule is CCOC1(C(Cc2ccc(Br)cc2Cl)NN)CCOCC1. The number of nitrogens with two attached hydrogens (primary N) is 1. The Morgan fingerprint density at radius 2 is 2.19 bits per heavy atom. The molecule has 0 radical (unpaired) electrons. The van der Waals surface area contributed by atoms with Crippen molar-refractivity contribution < 1.29 is 9.47 Å². The molecule has 1 aliphatic rings. The van der Waals surface area contributed by atoms with Gasteiger partial charge in [-0.05, 0) is 31.0 Å². The Hall–Kier alpha value is -0.170. The van der Waals surface area contributed by atoms with Gasteiger partial charge in [0.05, 0.1) is 11.6 Å². The summed E-state index contributed by atoms with van der Waals surface area (Å²) in [7, 11) is 0. The lowest BCUT2D eigenvalue weighted by atomic mass is 9.83. The van der Waals surface area contributed by atoms with E-state index < -0.39 is 0 Å². The molecule has 0 saturated carbocycles. The molecule has 1 fully saturated rings. The van der Waals surface area contributed by atoms with Crippen LogP contribution in [-0.2, 0) is 15.9 Å². The third kappa shape index (κ3) is 4.18. The highest BCUT2D eigenvalue weighted by molar-refractivity contribution is 9.10. The van der Waals surface area contributed by atoms with Gasteiger partial charge in [-0.25, -0.2) is 0 Å². The van der Waals surface area contributed by atoms with Crippen molar-refractivity contribution in [2.45, 2.75) is 37.8 Å². The number of hydrazine groups is 1. The zero-order valence-electron chi connectivity index (χ0n) is 12.2. The average molecular weight is 378 g/mol. The van der Waals surface area contributed by atoms with Gasteiger partial charge < -0.3 is 9.47 Å². The Morgan fingerprint density at radius 1 is 1.48 bits per heavy atom. The summed E-state index contributed by atoms with van der Waals surface area (Å²) in [6, 6.07) is 5.92. The first-order valence-corrected chi connectivity index (χ1v) is 8.40. The number of benzene rings is 1. The molecule has 0 aliphatic carbocycles. The molecule has 2 rings (SSSR count). The van der Waals surface area contributed by atoms with Crippen molar-refractivity contribution in [2.75, 3.05) is 19.8 Å². The van der Waals surface area contributed by atoms with Gasteiger partial charge in [0.2, 0.25) is 0 Å². The van der Waals surface area contributed by atoms with Crippen LogP contribution in [0.2, 0.25) is 5.02 Å². The number of halogens is 2. The Bertz CT molecular complexity index is 461. The van der Waals surface area contributed by atoms with Crippen molar-refractivity contribution in [1.29, 1.82) is 0 Å². The lowest BCUT2D eigenvalue weighted by Crippen LogP contribution is -2.58. The summed E-state index contributed by atoms with van der Waals surface area (Å²) in [6.07, 6.45) is 2.40. The largest absolute Gasteiger partial charge is 0.381 e. The second kappa shape index (κ2) is 7.90. The zero-order chi connectivity index (χ0) is 15.3. The summed E-state index contributed by atoms with van der Waals surface area (Å²) in [4.78, 5) is 0. The molecular weight excluding hydrogens is 356 g/mol. The fraction of sp³-hybridized carbons (Fsp3) is 0.600. The number of hydrogen-bond donors (Lipinski definition) is 2. The second-order valence-electron chi connectivity index (χ2n) is 5.27. The molecule has 3 N–H and O–H groups in total. The molecule has 0 aromatic heterocycles. The fourth-order valence-electron chi connectivity index (χ4n) is 2.90. The third-order valence-corrected chi connectivity index (χ3v) is 4.89. The predicted octanol–water partition coefficient (Wildman–Crippen LogP) is 3.06. The molecule has 1 unspecified atom stereocenters. The first-order valence-electron chi connectivity index (χ1n) is 7.23. The van der Waals surface area contributed by atoms with Crippen molar-refractivity contribution in [3.05, 3.63) is 33.3 Å². The van der Waals surface area contributed by atoms with Gasteiger partial charge in [0.15, 0.2) is 0 Å². The first kappa shape index (κ1) is 17.2. The van der Waals surface area contributed by atoms with E-state index in [9.17, 15) is 0 Å². The average Bonchev–Trinajstić information content (AvgIpc) is 2.47. The molecule has 1 atom stereocenters. The number of hydrogen-bond acceptors (Lipinski definition) is 4. The van der Waals surface area contributed by atoms with E-state index in [2.05, 4.69) is 21.4 Å². The minimum absolute atomic E-state index is 0.0000236. The Labute approximate surface area is 139 Å². The van der Waals surface area contributed by atoms with E-state index >= 15 is 0 Å². The summed E-state index contributed by atoms with van der Waals surface area (Å²) in [6.45, 7) is 4.07. The molecule has 0 bridgehead atoms. The normalized spacial score (nSPS) is 19.4. The van der Waals surface area contributed by atoms with Gasteiger partial charge in [0, 0.05) is 42.2 Å². The lowest BCUT2D eigenvalue weighted by Gasteiger charge is -2.43. The number of ether oxygens (including phenoxy) is 2. The maximum Gasteiger partial charge on any atom is 0.0895 e. The van der Waals surface area contributed by atoms with E-state index in [1.54, 1.807) is 0 Å². The summed E-state index contributed by atoms with van der Waals surface area (Å²) >= 11 is 9.75. The molecule has 1 aromatic rings. The lowest BCUT2D eigenvalue weighted by molar-refractivity contribution is -0.126. The highest BCUT2D eigenvalue weighted by atomic mass is 79.9. The van der Waals surface area contributed by atoms with E-state index in [0.29, 0.717) is 19.8 Å². The molecular formula is C15H22BrClN2O2. The van der Waals surface area contributed by atoms with Crippen LogP contribution >= 0.6 is 27.5 Å². The second-order valence-corrected chi connectivity index (χ2v) is 6.59. The van der Waals surface area contributed by atoms with Crippen LogP contribution in [0.25, 0.3) is 0 Å².